The monoisotopic (exact) mass is 332 g/mol. The number of aromatic nitrogens is 1. The van der Waals surface area contributed by atoms with Gasteiger partial charge in [-0.05, 0) is 35.9 Å². The van der Waals surface area contributed by atoms with Gasteiger partial charge in [-0.2, -0.15) is 0 Å². The van der Waals surface area contributed by atoms with Crippen molar-refractivity contribution >= 4 is 28.2 Å². The smallest absolute Gasteiger partial charge is 0.0788 e. The average Bonchev–Trinajstić information content (AvgIpc) is 3.05. The van der Waals surface area contributed by atoms with Crippen LogP contribution in [0.3, 0.4) is 0 Å². The van der Waals surface area contributed by atoms with Crippen LogP contribution in [0.4, 0.5) is 5.69 Å². The Hall–Kier alpha value is -2.71. The van der Waals surface area contributed by atoms with Crippen molar-refractivity contribution in [2.75, 3.05) is 5.32 Å². The van der Waals surface area contributed by atoms with E-state index in [0.717, 1.165) is 16.2 Å². The van der Waals surface area contributed by atoms with Crippen LogP contribution in [0, 0.1) is 0 Å². The molecular weight excluding hydrogens is 316 g/mol. The van der Waals surface area contributed by atoms with Gasteiger partial charge in [-0.3, -0.25) is 0 Å². The number of rotatable bonds is 4. The molecule has 0 radical (unpaired) electrons. The lowest BCUT2D eigenvalue weighted by Crippen LogP contribution is -2.11. The fourth-order valence-electron chi connectivity index (χ4n) is 3.03. The number of hydrogen-bond acceptors (Lipinski definition) is 1. The largest absolute Gasteiger partial charge is 0.374 e. The second-order valence-electron chi connectivity index (χ2n) is 5.78. The predicted molar refractivity (Wildman–Crippen MR) is 102 cm³/mol. The van der Waals surface area contributed by atoms with Gasteiger partial charge in [-0.1, -0.05) is 60.1 Å². The maximum atomic E-state index is 6.07. The molecule has 2 nitrogen and oxygen atoms in total. The van der Waals surface area contributed by atoms with E-state index in [1.165, 1.54) is 16.5 Å². The highest BCUT2D eigenvalue weighted by Gasteiger charge is 2.18. The van der Waals surface area contributed by atoms with Gasteiger partial charge >= 0.3 is 0 Å². The lowest BCUT2D eigenvalue weighted by atomic mass is 9.98. The number of fused-ring (bicyclic) bond motifs is 1. The van der Waals surface area contributed by atoms with Crippen molar-refractivity contribution in [2.45, 2.75) is 6.04 Å². The Kier molecular flexibility index (Phi) is 3.97. The molecule has 118 valence electrons. The van der Waals surface area contributed by atoms with Crippen molar-refractivity contribution in [1.82, 2.24) is 4.98 Å². The molecule has 1 heterocycles. The normalized spacial score (nSPS) is 12.2. The Morgan fingerprint density at radius 2 is 1.50 bits per heavy atom. The minimum absolute atomic E-state index is 0.0424. The molecular formula is C21H17ClN2. The van der Waals surface area contributed by atoms with Gasteiger partial charge in [0.05, 0.1) is 6.04 Å². The van der Waals surface area contributed by atoms with E-state index < -0.39 is 0 Å². The van der Waals surface area contributed by atoms with Gasteiger partial charge in [0.25, 0.3) is 0 Å². The van der Waals surface area contributed by atoms with Crippen molar-refractivity contribution in [3.63, 3.8) is 0 Å². The summed E-state index contributed by atoms with van der Waals surface area (Å²) in [4.78, 5) is 3.37. The lowest BCUT2D eigenvalue weighted by Gasteiger charge is -2.20. The van der Waals surface area contributed by atoms with Crippen molar-refractivity contribution in [3.8, 4) is 0 Å². The fraction of sp³-hybridized carbons (Fsp3) is 0.0476. The Morgan fingerprint density at radius 3 is 2.29 bits per heavy atom. The van der Waals surface area contributed by atoms with Crippen LogP contribution in [0.5, 0.6) is 0 Å². The quantitative estimate of drug-likeness (QED) is 0.469. The van der Waals surface area contributed by atoms with Gasteiger partial charge in [0.1, 0.15) is 0 Å². The second-order valence-corrected chi connectivity index (χ2v) is 6.22. The third-order valence-electron chi connectivity index (χ3n) is 4.22. The van der Waals surface area contributed by atoms with Gasteiger partial charge in [-0.15, -0.1) is 0 Å². The molecule has 0 saturated carbocycles. The molecule has 2 N–H and O–H groups in total. The summed E-state index contributed by atoms with van der Waals surface area (Å²) in [5, 5.41) is 5.62. The number of nitrogens with one attached hydrogen (secondary N) is 2. The van der Waals surface area contributed by atoms with Crippen LogP contribution in [-0.2, 0) is 0 Å². The Morgan fingerprint density at radius 1 is 0.792 bits per heavy atom. The first-order chi connectivity index (χ1) is 11.8. The molecule has 0 spiro atoms. The first kappa shape index (κ1) is 14.9. The third kappa shape index (κ3) is 2.89. The lowest BCUT2D eigenvalue weighted by molar-refractivity contribution is 0.949. The molecule has 1 unspecified atom stereocenters. The highest BCUT2D eigenvalue weighted by atomic mass is 35.5. The van der Waals surface area contributed by atoms with Crippen LogP contribution in [-0.4, -0.2) is 4.98 Å². The highest BCUT2D eigenvalue weighted by molar-refractivity contribution is 6.30. The standard InChI is InChI=1S/C21H17ClN2/c22-16-12-10-15(11-13-16)21(24-17-6-2-1-3-7-17)19-14-23-20-9-5-4-8-18(19)20/h1-14,21,23-24H. The summed E-state index contributed by atoms with van der Waals surface area (Å²) in [6.07, 6.45) is 2.08. The summed E-state index contributed by atoms with van der Waals surface area (Å²) < 4.78 is 0. The van der Waals surface area contributed by atoms with Crippen molar-refractivity contribution in [3.05, 3.63) is 101 Å². The van der Waals surface area contributed by atoms with E-state index in [1.54, 1.807) is 0 Å². The van der Waals surface area contributed by atoms with Crippen LogP contribution in [0.15, 0.2) is 85.1 Å². The maximum absolute atomic E-state index is 6.07. The molecule has 1 aromatic heterocycles. The maximum Gasteiger partial charge on any atom is 0.0788 e. The SMILES string of the molecule is Clc1ccc(C(Nc2ccccc2)c2c[nH]c3ccccc23)cc1. The summed E-state index contributed by atoms with van der Waals surface area (Å²) >= 11 is 6.07. The van der Waals surface area contributed by atoms with Gasteiger partial charge in [0, 0.05) is 33.4 Å². The van der Waals surface area contributed by atoms with Gasteiger partial charge in [0.15, 0.2) is 0 Å². The fourth-order valence-corrected chi connectivity index (χ4v) is 3.16. The summed E-state index contributed by atoms with van der Waals surface area (Å²) in [5.74, 6) is 0. The van der Waals surface area contributed by atoms with Gasteiger partial charge in [0.2, 0.25) is 0 Å². The Balaban J connectivity index is 1.82. The molecule has 0 aliphatic heterocycles. The number of para-hydroxylation sites is 2. The van der Waals surface area contributed by atoms with Crippen LogP contribution < -0.4 is 5.32 Å². The number of anilines is 1. The van der Waals surface area contributed by atoms with E-state index in [1.807, 2.05) is 36.4 Å². The molecule has 0 aliphatic carbocycles. The second kappa shape index (κ2) is 6.42. The van der Waals surface area contributed by atoms with Crippen molar-refractivity contribution in [2.24, 2.45) is 0 Å². The zero-order valence-corrected chi connectivity index (χ0v) is 13.8. The Labute approximate surface area is 146 Å². The number of benzene rings is 3. The molecule has 24 heavy (non-hydrogen) atoms. The van der Waals surface area contributed by atoms with E-state index in [-0.39, 0.29) is 6.04 Å². The number of halogens is 1. The van der Waals surface area contributed by atoms with Crippen LogP contribution >= 0.6 is 11.6 Å². The van der Waals surface area contributed by atoms with Crippen LogP contribution in [0.1, 0.15) is 17.2 Å². The summed E-state index contributed by atoms with van der Waals surface area (Å²) in [6.45, 7) is 0. The molecule has 1 atom stereocenters. The van der Waals surface area contributed by atoms with Gasteiger partial charge in [-0.25, -0.2) is 0 Å². The molecule has 0 aliphatic rings. The van der Waals surface area contributed by atoms with E-state index in [0.29, 0.717) is 0 Å². The van der Waals surface area contributed by atoms with Crippen molar-refractivity contribution in [1.29, 1.82) is 0 Å². The van der Waals surface area contributed by atoms with E-state index in [2.05, 4.69) is 59.0 Å². The average molecular weight is 333 g/mol. The minimum Gasteiger partial charge on any atom is -0.374 e. The molecule has 0 amide bonds. The topological polar surface area (TPSA) is 27.8 Å². The summed E-state index contributed by atoms with van der Waals surface area (Å²) in [7, 11) is 0. The highest BCUT2D eigenvalue weighted by Crippen LogP contribution is 2.32. The summed E-state index contributed by atoms with van der Waals surface area (Å²) in [5.41, 5.74) is 4.62. The van der Waals surface area contributed by atoms with E-state index in [4.69, 9.17) is 11.6 Å². The minimum atomic E-state index is 0.0424. The van der Waals surface area contributed by atoms with E-state index in [9.17, 15) is 0 Å². The molecule has 0 bridgehead atoms. The number of H-pyrrole nitrogens is 1. The molecule has 0 saturated heterocycles. The molecule has 4 rings (SSSR count). The zero-order chi connectivity index (χ0) is 16.4. The molecule has 4 aromatic rings. The molecule has 3 heteroatoms. The number of aromatic amines is 1. The third-order valence-corrected chi connectivity index (χ3v) is 4.47. The zero-order valence-electron chi connectivity index (χ0n) is 13.0. The van der Waals surface area contributed by atoms with E-state index >= 15 is 0 Å². The van der Waals surface area contributed by atoms with Gasteiger partial charge < -0.3 is 10.3 Å². The Bertz CT molecular complexity index is 942. The van der Waals surface area contributed by atoms with Crippen molar-refractivity contribution < 1.29 is 0 Å². The van der Waals surface area contributed by atoms with Crippen LogP contribution in [0.2, 0.25) is 5.02 Å². The van der Waals surface area contributed by atoms with Crippen LogP contribution in [0.25, 0.3) is 10.9 Å². The predicted octanol–water partition coefficient (Wildman–Crippen LogP) is 6.02. The summed E-state index contributed by atoms with van der Waals surface area (Å²) in [6, 6.07) is 26.7. The number of hydrogen-bond donors (Lipinski definition) is 2. The molecule has 3 aromatic carbocycles. The first-order valence-electron chi connectivity index (χ1n) is 7.94. The first-order valence-corrected chi connectivity index (χ1v) is 8.32. The molecule has 0 fully saturated rings.